The summed E-state index contributed by atoms with van der Waals surface area (Å²) in [5, 5.41) is 10.6. The van der Waals surface area contributed by atoms with Gasteiger partial charge in [0.1, 0.15) is 19.3 Å². The van der Waals surface area contributed by atoms with Crippen molar-refractivity contribution in [2.45, 2.75) is 433 Å². The number of aliphatic hydroxyl groups is 1. The summed E-state index contributed by atoms with van der Waals surface area (Å²) in [6.07, 6.45) is 57.0. The maximum atomic E-state index is 13.1. The van der Waals surface area contributed by atoms with Crippen LogP contribution in [0.1, 0.15) is 415 Å². The van der Waals surface area contributed by atoms with Gasteiger partial charge in [0.2, 0.25) is 0 Å². The minimum absolute atomic E-state index is 0.106. The molecule has 0 amide bonds. The van der Waals surface area contributed by atoms with Gasteiger partial charge in [0.05, 0.1) is 26.4 Å². The normalized spacial score (nSPS) is 14.0. The first-order chi connectivity index (χ1) is 48.1. The van der Waals surface area contributed by atoms with Gasteiger partial charge in [0, 0.05) is 25.7 Å². The standard InChI is InChI=1S/C81H158O17P2/c1-71(2)57-49-41-33-27-21-15-10-9-11-18-24-30-36-45-53-61-78(83)91-67-76(97-80(85)63-55-47-37-31-25-19-13-12-16-22-28-34-42-50-58-72(3)4)69-95-99(87,88)93-65-75(82)66-94-100(89,90)96-70-77(68-92-79(84)62-54-46-40-39-44-52-60-74(7)8)98-81(86)64-56-48-38-32-26-20-14-17-23-29-35-43-51-59-73(5)6/h71-77,82H,9-70H2,1-8H3,(H,87,88)(H,89,90)/t75-,76-,77-/m1/s1. The van der Waals surface area contributed by atoms with E-state index in [0.29, 0.717) is 31.6 Å². The maximum absolute atomic E-state index is 13.1. The molecule has 0 spiro atoms. The molecule has 3 N–H and O–H groups in total. The second-order valence-corrected chi connectivity index (χ2v) is 34.0. The highest BCUT2D eigenvalue weighted by molar-refractivity contribution is 7.47. The number of ether oxygens (including phenoxy) is 4. The average molecular weight is 1470 g/mol. The summed E-state index contributed by atoms with van der Waals surface area (Å²) in [5.74, 6) is 0.952. The predicted molar refractivity (Wildman–Crippen MR) is 409 cm³/mol. The van der Waals surface area contributed by atoms with E-state index in [9.17, 15) is 43.2 Å². The lowest BCUT2D eigenvalue weighted by molar-refractivity contribution is -0.161. The molecule has 0 saturated heterocycles. The predicted octanol–water partition coefficient (Wildman–Crippen LogP) is 24.0. The van der Waals surface area contributed by atoms with Crippen molar-refractivity contribution in [2.24, 2.45) is 23.7 Å². The highest BCUT2D eigenvalue weighted by Crippen LogP contribution is 2.45. The van der Waals surface area contributed by atoms with Crippen LogP contribution in [0.15, 0.2) is 0 Å². The van der Waals surface area contributed by atoms with Gasteiger partial charge in [-0.2, -0.15) is 0 Å². The van der Waals surface area contributed by atoms with Crippen LogP contribution >= 0.6 is 15.6 Å². The lowest BCUT2D eigenvalue weighted by Gasteiger charge is -2.21. The first-order valence-corrected chi connectivity index (χ1v) is 44.7. The number of carbonyl (C=O) groups excluding carboxylic acids is 4. The molecule has 594 valence electrons. The number of esters is 4. The molecule has 0 fully saturated rings. The molecule has 0 heterocycles. The molecule has 17 nitrogen and oxygen atoms in total. The molecule has 2 unspecified atom stereocenters. The molecule has 0 aliphatic heterocycles. The molecular weight excluding hydrogens is 1310 g/mol. The molecule has 19 heteroatoms. The summed E-state index contributed by atoms with van der Waals surface area (Å²) in [4.78, 5) is 73.0. The van der Waals surface area contributed by atoms with E-state index < -0.39 is 97.5 Å². The number of unbranched alkanes of at least 4 members (excludes halogenated alkanes) is 44. The van der Waals surface area contributed by atoms with E-state index in [1.54, 1.807) is 0 Å². The molecule has 0 aromatic rings. The van der Waals surface area contributed by atoms with Crippen molar-refractivity contribution in [3.05, 3.63) is 0 Å². The highest BCUT2D eigenvalue weighted by Gasteiger charge is 2.30. The van der Waals surface area contributed by atoms with Crippen LogP contribution in [0.3, 0.4) is 0 Å². The molecule has 0 saturated carbocycles. The molecular formula is C81H158O17P2. The van der Waals surface area contributed by atoms with E-state index in [-0.39, 0.29) is 25.7 Å². The van der Waals surface area contributed by atoms with Crippen molar-refractivity contribution in [1.29, 1.82) is 0 Å². The minimum atomic E-state index is -4.96. The van der Waals surface area contributed by atoms with E-state index in [0.717, 1.165) is 114 Å². The Balaban J connectivity index is 5.23. The molecule has 0 aliphatic rings. The van der Waals surface area contributed by atoms with E-state index in [2.05, 4.69) is 55.4 Å². The van der Waals surface area contributed by atoms with Gasteiger partial charge >= 0.3 is 39.5 Å². The first kappa shape index (κ1) is 98.1. The zero-order valence-electron chi connectivity index (χ0n) is 65.8. The molecule has 100 heavy (non-hydrogen) atoms. The van der Waals surface area contributed by atoms with Gasteiger partial charge in [0.25, 0.3) is 0 Å². The highest BCUT2D eigenvalue weighted by atomic mass is 31.2. The molecule has 0 aliphatic carbocycles. The van der Waals surface area contributed by atoms with Crippen molar-refractivity contribution in [3.8, 4) is 0 Å². The van der Waals surface area contributed by atoms with Crippen LogP contribution in [0.2, 0.25) is 0 Å². The van der Waals surface area contributed by atoms with Crippen molar-refractivity contribution in [2.75, 3.05) is 39.6 Å². The second-order valence-electron chi connectivity index (χ2n) is 31.1. The summed E-state index contributed by atoms with van der Waals surface area (Å²) in [6.45, 7) is 14.2. The molecule has 5 atom stereocenters. The Morgan fingerprint density at radius 3 is 0.620 bits per heavy atom. The Bertz CT molecular complexity index is 1950. The van der Waals surface area contributed by atoms with Crippen LogP contribution in [0.4, 0.5) is 0 Å². The fourth-order valence-electron chi connectivity index (χ4n) is 12.4. The van der Waals surface area contributed by atoms with Gasteiger partial charge in [-0.05, 0) is 49.4 Å². The van der Waals surface area contributed by atoms with Gasteiger partial charge in [-0.25, -0.2) is 9.13 Å². The van der Waals surface area contributed by atoms with Crippen LogP contribution in [0.5, 0.6) is 0 Å². The average Bonchev–Trinajstić information content (AvgIpc) is 0.939. The fourth-order valence-corrected chi connectivity index (χ4v) is 14.0. The summed E-state index contributed by atoms with van der Waals surface area (Å²) in [7, 11) is -9.92. The third-order valence-electron chi connectivity index (χ3n) is 18.8. The zero-order valence-corrected chi connectivity index (χ0v) is 67.6. The summed E-state index contributed by atoms with van der Waals surface area (Å²) in [5.41, 5.74) is 0. The zero-order chi connectivity index (χ0) is 73.8. The number of carbonyl (C=O) groups is 4. The molecule has 0 bridgehead atoms. The quantitative estimate of drug-likeness (QED) is 0.0222. The largest absolute Gasteiger partial charge is 0.472 e. The van der Waals surface area contributed by atoms with E-state index in [1.165, 1.54) is 212 Å². The van der Waals surface area contributed by atoms with E-state index in [1.807, 2.05) is 0 Å². The third-order valence-corrected chi connectivity index (χ3v) is 20.7. The smallest absolute Gasteiger partial charge is 0.462 e. The lowest BCUT2D eigenvalue weighted by Crippen LogP contribution is -2.30. The lowest BCUT2D eigenvalue weighted by atomic mass is 10.0. The number of rotatable bonds is 78. The second kappa shape index (κ2) is 70.1. The van der Waals surface area contributed by atoms with Crippen LogP contribution in [-0.4, -0.2) is 96.7 Å². The number of aliphatic hydroxyl groups excluding tert-OH is 1. The summed E-state index contributed by atoms with van der Waals surface area (Å²) >= 11 is 0. The van der Waals surface area contributed by atoms with E-state index in [4.69, 9.17) is 37.0 Å². The van der Waals surface area contributed by atoms with Crippen LogP contribution < -0.4 is 0 Å². The fraction of sp³-hybridized carbons (Fsp3) is 0.951. The first-order valence-electron chi connectivity index (χ1n) is 41.7. The molecule has 0 radical (unpaired) electrons. The number of phosphoric acid groups is 2. The summed E-state index contributed by atoms with van der Waals surface area (Å²) < 4.78 is 68.7. The number of hydrogen-bond donors (Lipinski definition) is 3. The topological polar surface area (TPSA) is 237 Å². The van der Waals surface area contributed by atoms with Gasteiger partial charge in [-0.1, -0.05) is 364 Å². The number of hydrogen-bond acceptors (Lipinski definition) is 15. The maximum Gasteiger partial charge on any atom is 0.472 e. The van der Waals surface area contributed by atoms with E-state index >= 15 is 0 Å². The van der Waals surface area contributed by atoms with Crippen LogP contribution in [-0.2, 0) is 65.4 Å². The van der Waals surface area contributed by atoms with Crippen molar-refractivity contribution < 1.29 is 80.2 Å². The van der Waals surface area contributed by atoms with Crippen molar-refractivity contribution >= 4 is 39.5 Å². The van der Waals surface area contributed by atoms with Gasteiger partial charge in [-0.3, -0.25) is 37.3 Å². The Kier molecular flexibility index (Phi) is 68.7. The van der Waals surface area contributed by atoms with Crippen molar-refractivity contribution in [3.63, 3.8) is 0 Å². The molecule has 0 rings (SSSR count). The SMILES string of the molecule is CC(C)CCCCCCCCCCCCCCCCCC(=O)OC[C@H](COP(=O)(O)OC[C@@H](O)COP(=O)(O)OC[C@@H](COC(=O)CCCCCCCCC(C)C)OC(=O)CCCCCCCCCCCCCCCC(C)C)OC(=O)CCCCCCCCCCCCCCCCC(C)C. The molecule has 0 aromatic carbocycles. The van der Waals surface area contributed by atoms with Gasteiger partial charge < -0.3 is 33.8 Å². The Labute approximate surface area is 613 Å². The van der Waals surface area contributed by atoms with Crippen molar-refractivity contribution in [1.82, 2.24) is 0 Å². The summed E-state index contributed by atoms with van der Waals surface area (Å²) in [6, 6.07) is 0. The third kappa shape index (κ3) is 74.3. The Morgan fingerprint density at radius 2 is 0.420 bits per heavy atom. The Hall–Kier alpha value is -1.94. The van der Waals surface area contributed by atoms with Crippen LogP contribution in [0.25, 0.3) is 0 Å². The van der Waals surface area contributed by atoms with Gasteiger partial charge in [-0.15, -0.1) is 0 Å². The van der Waals surface area contributed by atoms with Gasteiger partial charge in [0.15, 0.2) is 12.2 Å². The Morgan fingerprint density at radius 1 is 0.250 bits per heavy atom. The minimum Gasteiger partial charge on any atom is -0.462 e. The molecule has 0 aromatic heterocycles. The number of phosphoric ester groups is 2. The monoisotopic (exact) mass is 1470 g/mol. The van der Waals surface area contributed by atoms with Crippen LogP contribution in [0, 0.1) is 23.7 Å².